The molecular weight excluding hydrogens is 396 g/mol. The molecule has 0 spiro atoms. The molecule has 2 aromatic rings. The van der Waals surface area contributed by atoms with Gasteiger partial charge in [0.1, 0.15) is 12.4 Å². The maximum atomic E-state index is 5.86. The Kier molecular flexibility index (Phi) is 4.93. The average Bonchev–Trinajstić information content (AvgIpc) is 3.29. The summed E-state index contributed by atoms with van der Waals surface area (Å²) in [5.41, 5.74) is 2.27. The van der Waals surface area contributed by atoms with Crippen LogP contribution in [0.4, 0.5) is 0 Å². The van der Waals surface area contributed by atoms with Crippen LogP contribution in [0.1, 0.15) is 24.0 Å². The van der Waals surface area contributed by atoms with Gasteiger partial charge in [-0.3, -0.25) is 4.98 Å². The van der Waals surface area contributed by atoms with Crippen molar-refractivity contribution in [3.63, 3.8) is 0 Å². The summed E-state index contributed by atoms with van der Waals surface area (Å²) >= 11 is 7.01. The number of benzene rings is 1. The van der Waals surface area contributed by atoms with Gasteiger partial charge in [-0.05, 0) is 58.6 Å². The molecule has 0 saturated heterocycles. The van der Waals surface area contributed by atoms with Crippen molar-refractivity contribution in [2.75, 3.05) is 0 Å². The Morgan fingerprint density at radius 2 is 2.05 bits per heavy atom. The Labute approximate surface area is 141 Å². The maximum Gasteiger partial charge on any atom is 0.120 e. The number of halogens is 2. The Balaban J connectivity index is 1.63. The Morgan fingerprint density at radius 3 is 2.81 bits per heavy atom. The van der Waals surface area contributed by atoms with Gasteiger partial charge in [0.25, 0.3) is 0 Å². The molecule has 0 atom stereocenters. The van der Waals surface area contributed by atoms with Crippen molar-refractivity contribution >= 4 is 31.9 Å². The number of nitrogens with zero attached hydrogens (tertiary/aromatic N) is 1. The van der Waals surface area contributed by atoms with Gasteiger partial charge in [0.15, 0.2) is 0 Å². The lowest BCUT2D eigenvalue weighted by Gasteiger charge is -2.10. The van der Waals surface area contributed by atoms with Gasteiger partial charge in [0.05, 0.1) is 0 Å². The van der Waals surface area contributed by atoms with Gasteiger partial charge in [-0.1, -0.05) is 15.9 Å². The molecule has 1 aliphatic rings. The fourth-order valence-corrected chi connectivity index (χ4v) is 2.82. The fourth-order valence-electron chi connectivity index (χ4n) is 2.02. The quantitative estimate of drug-likeness (QED) is 0.762. The van der Waals surface area contributed by atoms with Crippen LogP contribution in [0.3, 0.4) is 0 Å². The second-order valence-corrected chi connectivity index (χ2v) is 6.98. The first kappa shape index (κ1) is 15.0. The predicted molar refractivity (Wildman–Crippen MR) is 90.3 cm³/mol. The molecule has 1 heterocycles. The molecular formula is C16H16Br2N2O. The standard InChI is InChI=1S/C16H16Br2N2O/c17-13-5-11(7-19-9-13)10-21-15-3-4-16(18)12(6-15)8-20-14-1-2-14/h3-7,9,14,20H,1-2,8,10H2. The van der Waals surface area contributed by atoms with Crippen LogP contribution in [0, 0.1) is 0 Å². The highest BCUT2D eigenvalue weighted by atomic mass is 79.9. The summed E-state index contributed by atoms with van der Waals surface area (Å²) in [6.45, 7) is 1.39. The zero-order chi connectivity index (χ0) is 14.7. The summed E-state index contributed by atoms with van der Waals surface area (Å²) in [4.78, 5) is 4.14. The third kappa shape index (κ3) is 4.53. The Bertz CT molecular complexity index is 629. The van der Waals surface area contributed by atoms with Crippen molar-refractivity contribution < 1.29 is 4.74 Å². The molecule has 110 valence electrons. The average molecular weight is 412 g/mol. The van der Waals surface area contributed by atoms with Crippen LogP contribution in [-0.4, -0.2) is 11.0 Å². The molecule has 0 amide bonds. The van der Waals surface area contributed by atoms with E-state index in [2.05, 4.69) is 48.2 Å². The molecule has 3 nitrogen and oxygen atoms in total. The van der Waals surface area contributed by atoms with E-state index >= 15 is 0 Å². The zero-order valence-corrected chi connectivity index (χ0v) is 14.7. The summed E-state index contributed by atoms with van der Waals surface area (Å²) in [7, 11) is 0. The predicted octanol–water partition coefficient (Wildman–Crippen LogP) is 4.44. The van der Waals surface area contributed by atoms with E-state index in [1.165, 1.54) is 18.4 Å². The smallest absolute Gasteiger partial charge is 0.120 e. The van der Waals surface area contributed by atoms with Crippen LogP contribution in [0.2, 0.25) is 0 Å². The van der Waals surface area contributed by atoms with Crippen LogP contribution in [0.15, 0.2) is 45.6 Å². The number of pyridine rings is 1. The third-order valence-electron chi connectivity index (χ3n) is 3.34. The number of hydrogen-bond donors (Lipinski definition) is 1. The summed E-state index contributed by atoms with van der Waals surface area (Å²) < 4.78 is 7.94. The summed E-state index contributed by atoms with van der Waals surface area (Å²) in [6.07, 6.45) is 6.18. The van der Waals surface area contributed by atoms with Crippen molar-refractivity contribution in [3.8, 4) is 5.75 Å². The van der Waals surface area contributed by atoms with Crippen molar-refractivity contribution in [1.29, 1.82) is 0 Å². The molecule has 0 radical (unpaired) electrons. The van der Waals surface area contributed by atoms with Gasteiger partial charge in [-0.15, -0.1) is 0 Å². The number of hydrogen-bond acceptors (Lipinski definition) is 3. The molecule has 1 aromatic carbocycles. The van der Waals surface area contributed by atoms with E-state index in [4.69, 9.17) is 4.74 Å². The molecule has 1 fully saturated rings. The second-order valence-electron chi connectivity index (χ2n) is 5.21. The van der Waals surface area contributed by atoms with Crippen LogP contribution >= 0.6 is 31.9 Å². The monoisotopic (exact) mass is 410 g/mol. The molecule has 0 unspecified atom stereocenters. The third-order valence-corrected chi connectivity index (χ3v) is 4.55. The van der Waals surface area contributed by atoms with Gasteiger partial charge in [0.2, 0.25) is 0 Å². The minimum absolute atomic E-state index is 0.517. The highest BCUT2D eigenvalue weighted by Crippen LogP contribution is 2.25. The fraction of sp³-hybridized carbons (Fsp3) is 0.312. The molecule has 21 heavy (non-hydrogen) atoms. The molecule has 1 aromatic heterocycles. The van der Waals surface area contributed by atoms with Gasteiger partial charge in [0, 0.05) is 39.5 Å². The van der Waals surface area contributed by atoms with E-state index in [9.17, 15) is 0 Å². The first-order valence-corrected chi connectivity index (χ1v) is 8.53. The number of nitrogens with one attached hydrogen (secondary N) is 1. The van der Waals surface area contributed by atoms with Gasteiger partial charge < -0.3 is 10.1 Å². The second kappa shape index (κ2) is 6.90. The van der Waals surface area contributed by atoms with Gasteiger partial charge >= 0.3 is 0 Å². The van der Waals surface area contributed by atoms with Crippen molar-refractivity contribution in [2.24, 2.45) is 0 Å². The number of ether oxygens (including phenoxy) is 1. The van der Waals surface area contributed by atoms with Crippen molar-refractivity contribution in [3.05, 3.63) is 56.7 Å². The van der Waals surface area contributed by atoms with E-state index < -0.39 is 0 Å². The Morgan fingerprint density at radius 1 is 1.19 bits per heavy atom. The van der Waals surface area contributed by atoms with E-state index in [0.29, 0.717) is 12.6 Å². The summed E-state index contributed by atoms with van der Waals surface area (Å²) in [5.74, 6) is 0.880. The van der Waals surface area contributed by atoms with Crippen LogP contribution in [0.5, 0.6) is 5.75 Å². The lowest BCUT2D eigenvalue weighted by Crippen LogP contribution is -2.15. The Hall–Kier alpha value is -0.910. The number of rotatable bonds is 6. The highest BCUT2D eigenvalue weighted by molar-refractivity contribution is 9.10. The zero-order valence-electron chi connectivity index (χ0n) is 11.5. The molecule has 1 saturated carbocycles. The first-order chi connectivity index (χ1) is 10.2. The van der Waals surface area contributed by atoms with Crippen molar-refractivity contribution in [1.82, 2.24) is 10.3 Å². The first-order valence-electron chi connectivity index (χ1n) is 6.95. The summed E-state index contributed by atoms with van der Waals surface area (Å²) in [5, 5.41) is 3.52. The molecule has 1 N–H and O–H groups in total. The highest BCUT2D eigenvalue weighted by Gasteiger charge is 2.20. The molecule has 0 bridgehead atoms. The van der Waals surface area contributed by atoms with E-state index in [1.807, 2.05) is 24.4 Å². The van der Waals surface area contributed by atoms with Crippen LogP contribution in [0.25, 0.3) is 0 Å². The number of aromatic nitrogens is 1. The van der Waals surface area contributed by atoms with Gasteiger partial charge in [-0.2, -0.15) is 0 Å². The lowest BCUT2D eigenvalue weighted by atomic mass is 10.2. The SMILES string of the molecule is Brc1cncc(COc2ccc(Br)c(CNC3CC3)c2)c1. The molecule has 0 aliphatic heterocycles. The normalized spacial score (nSPS) is 14.2. The van der Waals surface area contributed by atoms with Gasteiger partial charge in [-0.25, -0.2) is 0 Å². The van der Waals surface area contributed by atoms with E-state index in [1.54, 1.807) is 6.20 Å². The largest absolute Gasteiger partial charge is 0.489 e. The maximum absolute atomic E-state index is 5.86. The minimum atomic E-state index is 0.517. The topological polar surface area (TPSA) is 34.1 Å². The summed E-state index contributed by atoms with van der Waals surface area (Å²) in [6, 6.07) is 8.83. The van der Waals surface area contributed by atoms with Crippen molar-refractivity contribution in [2.45, 2.75) is 32.0 Å². The lowest BCUT2D eigenvalue weighted by molar-refractivity contribution is 0.305. The molecule has 3 rings (SSSR count). The van der Waals surface area contributed by atoms with Crippen LogP contribution < -0.4 is 10.1 Å². The van der Waals surface area contributed by atoms with E-state index in [0.717, 1.165) is 26.8 Å². The molecule has 5 heteroatoms. The van der Waals surface area contributed by atoms with Crippen LogP contribution in [-0.2, 0) is 13.2 Å². The minimum Gasteiger partial charge on any atom is -0.489 e. The molecule has 1 aliphatic carbocycles. The van der Waals surface area contributed by atoms with E-state index in [-0.39, 0.29) is 0 Å².